The molecule has 0 unspecified atom stereocenters. The van der Waals surface area contributed by atoms with Crippen LogP contribution in [-0.4, -0.2) is 41.2 Å². The Morgan fingerprint density at radius 3 is 2.80 bits per heavy atom. The van der Waals surface area contributed by atoms with Crippen LogP contribution < -0.4 is 5.32 Å². The van der Waals surface area contributed by atoms with Crippen LogP contribution in [0.3, 0.4) is 0 Å². The van der Waals surface area contributed by atoms with E-state index in [1.54, 1.807) is 4.68 Å². The maximum absolute atomic E-state index is 9.08. The minimum atomic E-state index is 0.0421. The number of nitrogens with zero attached hydrogens (tertiary/aromatic N) is 6. The van der Waals surface area contributed by atoms with Crippen LogP contribution in [0.2, 0.25) is 0 Å². The van der Waals surface area contributed by atoms with Gasteiger partial charge in [0.05, 0.1) is 30.2 Å². The smallest absolute Gasteiger partial charge is 0.228 e. The molecule has 5 rings (SSSR count). The molecule has 1 atom stereocenters. The van der Waals surface area contributed by atoms with Crippen molar-refractivity contribution in [1.82, 2.24) is 29.5 Å². The molecular weight excluding hydrogens is 378 g/mol. The van der Waals surface area contributed by atoms with Gasteiger partial charge >= 0.3 is 0 Å². The summed E-state index contributed by atoms with van der Waals surface area (Å²) in [6.45, 7) is 2.68. The minimum absolute atomic E-state index is 0.0421. The number of aromatic nitrogens is 6. The Hall–Kier alpha value is -3.52. The van der Waals surface area contributed by atoms with E-state index in [1.807, 2.05) is 48.4 Å². The molecule has 0 saturated heterocycles. The van der Waals surface area contributed by atoms with Gasteiger partial charge in [-0.15, -0.1) is 0 Å². The van der Waals surface area contributed by atoms with Crippen LogP contribution in [-0.2, 0) is 20.0 Å². The van der Waals surface area contributed by atoms with Crippen molar-refractivity contribution in [3.63, 3.8) is 0 Å². The van der Waals surface area contributed by atoms with E-state index in [2.05, 4.69) is 34.5 Å². The van der Waals surface area contributed by atoms with Gasteiger partial charge in [-0.25, -0.2) is 9.97 Å². The number of fused-ring (bicyclic) bond motifs is 3. The van der Waals surface area contributed by atoms with Crippen molar-refractivity contribution in [1.29, 1.82) is 0 Å². The second-order valence-corrected chi connectivity index (χ2v) is 7.58. The van der Waals surface area contributed by atoms with Gasteiger partial charge in [-0.3, -0.25) is 9.36 Å². The molecule has 4 aromatic rings. The van der Waals surface area contributed by atoms with Gasteiger partial charge in [-0.2, -0.15) is 10.2 Å². The molecule has 30 heavy (non-hydrogen) atoms. The molecule has 0 spiro atoms. The van der Waals surface area contributed by atoms with Crippen LogP contribution in [0.1, 0.15) is 24.1 Å². The number of nitrogens with one attached hydrogen (secondary N) is 1. The molecule has 0 bridgehead atoms. The number of hydrogen-bond donors (Lipinski definition) is 2. The van der Waals surface area contributed by atoms with Crippen molar-refractivity contribution < 1.29 is 5.11 Å². The fourth-order valence-corrected chi connectivity index (χ4v) is 4.08. The highest BCUT2D eigenvalue weighted by Gasteiger charge is 2.30. The van der Waals surface area contributed by atoms with Gasteiger partial charge in [-0.05, 0) is 12.3 Å². The Labute approximate surface area is 174 Å². The Bertz CT molecular complexity index is 1200. The van der Waals surface area contributed by atoms with Crippen molar-refractivity contribution in [2.24, 2.45) is 7.05 Å². The van der Waals surface area contributed by atoms with Gasteiger partial charge in [0.1, 0.15) is 0 Å². The number of aliphatic hydroxyl groups excluding tert-OH is 1. The lowest BCUT2D eigenvalue weighted by atomic mass is 9.85. The van der Waals surface area contributed by atoms with Gasteiger partial charge in [0.2, 0.25) is 5.95 Å². The van der Waals surface area contributed by atoms with E-state index in [9.17, 15) is 0 Å². The lowest BCUT2D eigenvalue weighted by Gasteiger charge is -2.21. The molecule has 1 aliphatic carbocycles. The van der Waals surface area contributed by atoms with E-state index in [0.29, 0.717) is 24.2 Å². The summed E-state index contributed by atoms with van der Waals surface area (Å²) in [5.74, 6) is 1.43. The molecule has 0 saturated carbocycles. The van der Waals surface area contributed by atoms with Crippen LogP contribution in [0.25, 0.3) is 22.5 Å². The first-order chi connectivity index (χ1) is 14.6. The molecule has 0 aliphatic heterocycles. The molecule has 152 valence electrons. The van der Waals surface area contributed by atoms with Crippen LogP contribution >= 0.6 is 0 Å². The van der Waals surface area contributed by atoms with E-state index < -0.39 is 0 Å². The first-order valence-electron chi connectivity index (χ1n) is 10.0. The zero-order chi connectivity index (χ0) is 20.7. The van der Waals surface area contributed by atoms with Gasteiger partial charge < -0.3 is 10.4 Å². The molecule has 1 aromatic carbocycles. The highest BCUT2D eigenvalue weighted by molar-refractivity contribution is 5.84. The third-order valence-electron chi connectivity index (χ3n) is 5.46. The highest BCUT2D eigenvalue weighted by Crippen LogP contribution is 2.43. The summed E-state index contributed by atoms with van der Waals surface area (Å²) in [7, 11) is 1.99. The molecule has 3 aromatic heterocycles. The van der Waals surface area contributed by atoms with E-state index >= 15 is 0 Å². The maximum Gasteiger partial charge on any atom is 0.228 e. The summed E-state index contributed by atoms with van der Waals surface area (Å²) in [6, 6.07) is 12.1. The topological polar surface area (TPSA) is 93.7 Å². The fourth-order valence-electron chi connectivity index (χ4n) is 4.08. The number of hydrogen-bond acceptors (Lipinski definition) is 6. The van der Waals surface area contributed by atoms with E-state index in [0.717, 1.165) is 40.2 Å². The van der Waals surface area contributed by atoms with E-state index in [4.69, 9.17) is 15.2 Å². The van der Waals surface area contributed by atoms with Crippen LogP contribution in [0.5, 0.6) is 0 Å². The summed E-state index contributed by atoms with van der Waals surface area (Å²) in [5, 5.41) is 21.5. The first kappa shape index (κ1) is 18.5. The van der Waals surface area contributed by atoms with Crippen molar-refractivity contribution in [3.8, 4) is 22.5 Å². The van der Waals surface area contributed by atoms with Crippen LogP contribution in [0.15, 0.2) is 48.8 Å². The number of benzene rings is 1. The second-order valence-electron chi connectivity index (χ2n) is 7.58. The zero-order valence-electron chi connectivity index (χ0n) is 16.9. The number of anilines is 2. The third kappa shape index (κ3) is 3.15. The minimum Gasteiger partial charge on any atom is -0.394 e. The lowest BCUT2D eigenvalue weighted by molar-refractivity contribution is 0.269. The standard InChI is InChI=1S/C22H23N7O/c1-14-12-17-19(21(28(2)26-17)15-6-4-3-5-7-15)20-16(14)13-23-22(25-20)24-18-8-9-29(27-18)10-11-30/h3-9,13-14,30H,10-12H2,1-2H3,(H,23,24,25,27)/t14-/m1/s1. The number of aryl methyl sites for hydroxylation is 1. The third-order valence-corrected chi connectivity index (χ3v) is 5.46. The molecule has 3 heterocycles. The maximum atomic E-state index is 9.08. The SMILES string of the molecule is C[C@@H]1Cc2nn(C)c(-c3ccccc3)c2-c2nc(Nc3ccn(CCO)n3)ncc21. The number of rotatable bonds is 5. The zero-order valence-corrected chi connectivity index (χ0v) is 16.9. The summed E-state index contributed by atoms with van der Waals surface area (Å²) < 4.78 is 3.63. The molecule has 8 heteroatoms. The first-order valence-corrected chi connectivity index (χ1v) is 10.0. The molecule has 0 amide bonds. The summed E-state index contributed by atoms with van der Waals surface area (Å²) in [6.07, 6.45) is 4.58. The average molecular weight is 401 g/mol. The predicted molar refractivity (Wildman–Crippen MR) is 114 cm³/mol. The highest BCUT2D eigenvalue weighted by atomic mass is 16.3. The van der Waals surface area contributed by atoms with Crippen LogP contribution in [0, 0.1) is 0 Å². The largest absolute Gasteiger partial charge is 0.394 e. The van der Waals surface area contributed by atoms with E-state index in [-0.39, 0.29) is 6.61 Å². The normalized spacial score (nSPS) is 15.0. The molecule has 0 fully saturated rings. The van der Waals surface area contributed by atoms with Crippen molar-refractivity contribution in [2.45, 2.75) is 25.8 Å². The van der Waals surface area contributed by atoms with Gasteiger partial charge in [0.25, 0.3) is 0 Å². The summed E-state index contributed by atoms with van der Waals surface area (Å²) in [5.41, 5.74) is 6.37. The molecule has 8 nitrogen and oxygen atoms in total. The van der Waals surface area contributed by atoms with Crippen molar-refractivity contribution in [2.75, 3.05) is 11.9 Å². The van der Waals surface area contributed by atoms with Crippen molar-refractivity contribution >= 4 is 11.8 Å². The monoisotopic (exact) mass is 401 g/mol. The summed E-state index contributed by atoms with van der Waals surface area (Å²) in [4.78, 5) is 9.41. The molecule has 1 aliphatic rings. The molecule has 0 radical (unpaired) electrons. The molecular formula is C22H23N7O. The predicted octanol–water partition coefficient (Wildman–Crippen LogP) is 3.14. The second kappa shape index (κ2) is 7.38. The molecule has 2 N–H and O–H groups in total. The summed E-state index contributed by atoms with van der Waals surface area (Å²) >= 11 is 0. The average Bonchev–Trinajstić information content (AvgIpc) is 3.32. The van der Waals surface area contributed by atoms with Gasteiger partial charge in [0.15, 0.2) is 5.82 Å². The Morgan fingerprint density at radius 2 is 2.00 bits per heavy atom. The lowest BCUT2D eigenvalue weighted by Crippen LogP contribution is -2.12. The van der Waals surface area contributed by atoms with Crippen LogP contribution in [0.4, 0.5) is 11.8 Å². The quantitative estimate of drug-likeness (QED) is 0.534. The van der Waals surface area contributed by atoms with Gasteiger partial charge in [-0.1, -0.05) is 37.3 Å². The van der Waals surface area contributed by atoms with E-state index in [1.165, 1.54) is 0 Å². The fraction of sp³-hybridized carbons (Fsp3) is 0.273. The van der Waals surface area contributed by atoms with Gasteiger partial charge in [0, 0.05) is 42.2 Å². The Balaban J connectivity index is 1.59. The Morgan fingerprint density at radius 1 is 1.17 bits per heavy atom. The van der Waals surface area contributed by atoms with Crippen molar-refractivity contribution in [3.05, 3.63) is 60.0 Å². The number of aliphatic hydroxyl groups is 1. The Kier molecular flexibility index (Phi) is 4.55.